The van der Waals surface area contributed by atoms with E-state index in [-0.39, 0.29) is 18.6 Å². The predicted molar refractivity (Wildman–Crippen MR) is 156 cm³/mol. The number of aliphatic carboxylic acids is 1. The van der Waals surface area contributed by atoms with Crippen molar-refractivity contribution in [2.24, 2.45) is 0 Å². The molecule has 0 saturated heterocycles. The van der Waals surface area contributed by atoms with Gasteiger partial charge in [-0.25, -0.2) is 4.98 Å². The first kappa shape index (κ1) is 30.6. The number of carbonyl (C=O) groups is 1. The monoisotopic (exact) mass is 551 g/mol. The van der Waals surface area contributed by atoms with Crippen molar-refractivity contribution in [2.45, 2.75) is 45.1 Å². The standard InChI is InChI=1S/C30H41N5O5/c1-19(29(37)38)21-8-6-9-22(16-21)26(12-14-36)33-28-25(20(2)32-30(31)34-28)17-23-10-11-24(18-27(23)39-5)40-15-7-13-35(3)4/h6,8-11,16,18-19,26,36H,7,12-15,17H2,1-5H3,(H,37,38)(H3,31,32,33,34). The molecule has 0 spiro atoms. The molecule has 1 aromatic heterocycles. The number of benzene rings is 2. The highest BCUT2D eigenvalue weighted by Crippen LogP contribution is 2.32. The number of nitrogens with one attached hydrogen (secondary N) is 1. The first-order chi connectivity index (χ1) is 19.1. The summed E-state index contributed by atoms with van der Waals surface area (Å²) in [5.74, 6) is 0.550. The summed E-state index contributed by atoms with van der Waals surface area (Å²) in [6, 6.07) is 12.8. The number of methoxy groups -OCH3 is 1. The molecular weight excluding hydrogens is 510 g/mol. The highest BCUT2D eigenvalue weighted by atomic mass is 16.5. The van der Waals surface area contributed by atoms with E-state index in [1.165, 1.54) is 0 Å². The van der Waals surface area contributed by atoms with E-state index in [2.05, 4.69) is 20.2 Å². The number of carboxylic acids is 1. The van der Waals surface area contributed by atoms with Gasteiger partial charge < -0.3 is 35.6 Å². The Morgan fingerprint density at radius 1 is 1.15 bits per heavy atom. The van der Waals surface area contributed by atoms with Gasteiger partial charge in [-0.1, -0.05) is 30.3 Å². The second-order valence-electron chi connectivity index (χ2n) is 10.1. The van der Waals surface area contributed by atoms with Gasteiger partial charge in [0.05, 0.1) is 25.7 Å². The van der Waals surface area contributed by atoms with Crippen molar-refractivity contribution in [1.82, 2.24) is 14.9 Å². The Bertz CT molecular complexity index is 1280. The molecule has 2 unspecified atom stereocenters. The lowest BCUT2D eigenvalue weighted by molar-refractivity contribution is -0.138. The van der Waals surface area contributed by atoms with Gasteiger partial charge in [0.25, 0.3) is 0 Å². The second kappa shape index (κ2) is 14.5. The van der Waals surface area contributed by atoms with Crippen molar-refractivity contribution in [2.75, 3.05) is 52.0 Å². The van der Waals surface area contributed by atoms with Crippen LogP contribution in [0.25, 0.3) is 0 Å². The van der Waals surface area contributed by atoms with Crippen LogP contribution < -0.4 is 20.5 Å². The molecule has 0 aliphatic rings. The molecule has 0 aliphatic heterocycles. The van der Waals surface area contributed by atoms with E-state index < -0.39 is 11.9 Å². The average Bonchev–Trinajstić information content (AvgIpc) is 2.92. The lowest BCUT2D eigenvalue weighted by Crippen LogP contribution is -2.18. The molecule has 10 heteroatoms. The van der Waals surface area contributed by atoms with E-state index in [4.69, 9.17) is 15.2 Å². The Hall–Kier alpha value is -3.89. The minimum absolute atomic E-state index is 0.0743. The Kier molecular flexibility index (Phi) is 11.1. The third-order valence-electron chi connectivity index (χ3n) is 6.79. The van der Waals surface area contributed by atoms with Crippen LogP contribution in [-0.2, 0) is 11.2 Å². The van der Waals surface area contributed by atoms with Gasteiger partial charge in [-0.3, -0.25) is 4.79 Å². The van der Waals surface area contributed by atoms with Crippen LogP contribution in [0.2, 0.25) is 0 Å². The van der Waals surface area contributed by atoms with Crippen molar-refractivity contribution in [3.63, 3.8) is 0 Å². The topological polar surface area (TPSA) is 143 Å². The number of carboxylic acid groups (broad SMARTS) is 1. The number of aliphatic hydroxyl groups is 1. The number of nitrogens with two attached hydrogens (primary N) is 1. The fraction of sp³-hybridized carbons (Fsp3) is 0.433. The smallest absolute Gasteiger partial charge is 0.310 e. The van der Waals surface area contributed by atoms with Gasteiger partial charge in [0.2, 0.25) is 5.95 Å². The number of aliphatic hydroxyl groups excluding tert-OH is 1. The highest BCUT2D eigenvalue weighted by Gasteiger charge is 2.21. The van der Waals surface area contributed by atoms with E-state index in [0.717, 1.165) is 41.1 Å². The van der Waals surface area contributed by atoms with E-state index in [1.807, 2.05) is 57.4 Å². The van der Waals surface area contributed by atoms with E-state index in [9.17, 15) is 15.0 Å². The largest absolute Gasteiger partial charge is 0.496 e. The van der Waals surface area contributed by atoms with Gasteiger partial charge in [0, 0.05) is 36.9 Å². The minimum Gasteiger partial charge on any atom is -0.496 e. The van der Waals surface area contributed by atoms with E-state index >= 15 is 0 Å². The van der Waals surface area contributed by atoms with Crippen LogP contribution in [0, 0.1) is 6.92 Å². The molecule has 2 aromatic carbocycles. The second-order valence-corrected chi connectivity index (χ2v) is 10.1. The fourth-order valence-electron chi connectivity index (χ4n) is 4.47. The molecule has 0 aliphatic carbocycles. The molecule has 2 atom stereocenters. The number of nitrogens with zero attached hydrogens (tertiary/aromatic N) is 3. The molecular formula is C30H41N5O5. The lowest BCUT2D eigenvalue weighted by atomic mass is 9.95. The number of aryl methyl sites for hydroxylation is 1. The molecule has 216 valence electrons. The summed E-state index contributed by atoms with van der Waals surface area (Å²) in [5, 5.41) is 22.7. The molecule has 3 aromatic rings. The molecule has 5 N–H and O–H groups in total. The number of hydrogen-bond acceptors (Lipinski definition) is 9. The molecule has 0 bridgehead atoms. The van der Waals surface area contributed by atoms with Crippen molar-refractivity contribution >= 4 is 17.7 Å². The van der Waals surface area contributed by atoms with Crippen LogP contribution >= 0.6 is 0 Å². The van der Waals surface area contributed by atoms with Crippen LogP contribution in [0.15, 0.2) is 42.5 Å². The minimum atomic E-state index is -0.899. The molecule has 10 nitrogen and oxygen atoms in total. The Labute approximate surface area is 236 Å². The summed E-state index contributed by atoms with van der Waals surface area (Å²) < 4.78 is 11.6. The van der Waals surface area contributed by atoms with Crippen LogP contribution in [0.5, 0.6) is 11.5 Å². The lowest BCUT2D eigenvalue weighted by Gasteiger charge is -2.23. The fourth-order valence-corrected chi connectivity index (χ4v) is 4.47. The van der Waals surface area contributed by atoms with Gasteiger partial charge in [-0.05, 0) is 63.5 Å². The number of hydrogen-bond donors (Lipinski definition) is 4. The SMILES string of the molecule is COc1cc(OCCCN(C)C)ccc1Cc1c(C)nc(N)nc1NC(CCO)c1cccc(C(C)C(=O)O)c1. The number of aromatic nitrogens is 2. The van der Waals surface area contributed by atoms with Gasteiger partial charge in [0.1, 0.15) is 17.3 Å². The summed E-state index contributed by atoms with van der Waals surface area (Å²) in [7, 11) is 5.70. The van der Waals surface area contributed by atoms with Gasteiger partial charge in [-0.15, -0.1) is 0 Å². The predicted octanol–water partition coefficient (Wildman–Crippen LogP) is 4.02. The maximum Gasteiger partial charge on any atom is 0.310 e. The quantitative estimate of drug-likeness (QED) is 0.205. The molecule has 1 heterocycles. The zero-order chi connectivity index (χ0) is 29.2. The molecule has 3 rings (SSSR count). The van der Waals surface area contributed by atoms with Gasteiger partial charge in [-0.2, -0.15) is 4.98 Å². The summed E-state index contributed by atoms with van der Waals surface area (Å²) in [4.78, 5) is 22.6. The molecule has 0 fully saturated rings. The Morgan fingerprint density at radius 2 is 1.90 bits per heavy atom. The number of rotatable bonds is 15. The zero-order valence-electron chi connectivity index (χ0n) is 24.0. The number of nitrogen functional groups attached to an aromatic ring is 1. The van der Waals surface area contributed by atoms with Crippen LogP contribution in [0.3, 0.4) is 0 Å². The summed E-state index contributed by atoms with van der Waals surface area (Å²) in [6.07, 6.45) is 1.78. The maximum atomic E-state index is 11.5. The van der Waals surface area contributed by atoms with Crippen molar-refractivity contribution in [1.29, 1.82) is 0 Å². The number of ether oxygens (including phenoxy) is 2. The Morgan fingerprint density at radius 3 is 2.58 bits per heavy atom. The third-order valence-corrected chi connectivity index (χ3v) is 6.79. The normalized spacial score (nSPS) is 12.7. The van der Waals surface area contributed by atoms with Crippen molar-refractivity contribution in [3.8, 4) is 11.5 Å². The average molecular weight is 552 g/mol. The summed E-state index contributed by atoms with van der Waals surface area (Å²) in [6.45, 7) is 5.01. The summed E-state index contributed by atoms with van der Waals surface area (Å²) >= 11 is 0. The first-order valence-electron chi connectivity index (χ1n) is 13.4. The maximum absolute atomic E-state index is 11.5. The molecule has 0 amide bonds. The van der Waals surface area contributed by atoms with E-state index in [0.29, 0.717) is 36.6 Å². The summed E-state index contributed by atoms with van der Waals surface area (Å²) in [5.41, 5.74) is 10.0. The molecule has 0 saturated carbocycles. The van der Waals surface area contributed by atoms with Crippen molar-refractivity contribution in [3.05, 3.63) is 70.4 Å². The third kappa shape index (κ3) is 8.30. The van der Waals surface area contributed by atoms with Gasteiger partial charge in [0.15, 0.2) is 0 Å². The van der Waals surface area contributed by atoms with Crippen LogP contribution in [-0.4, -0.2) is 72.0 Å². The van der Waals surface area contributed by atoms with Crippen molar-refractivity contribution < 1.29 is 24.5 Å². The van der Waals surface area contributed by atoms with Gasteiger partial charge >= 0.3 is 5.97 Å². The molecule has 40 heavy (non-hydrogen) atoms. The molecule has 0 radical (unpaired) electrons. The first-order valence-corrected chi connectivity index (χ1v) is 13.4. The highest BCUT2D eigenvalue weighted by molar-refractivity contribution is 5.75. The van der Waals surface area contributed by atoms with Crippen LogP contribution in [0.1, 0.15) is 59.7 Å². The Balaban J connectivity index is 1.89. The number of anilines is 2. The van der Waals surface area contributed by atoms with Crippen LogP contribution in [0.4, 0.5) is 11.8 Å². The van der Waals surface area contributed by atoms with E-state index in [1.54, 1.807) is 20.1 Å². The zero-order valence-corrected chi connectivity index (χ0v) is 24.0.